The van der Waals surface area contributed by atoms with E-state index in [9.17, 15) is 19.1 Å². The third-order valence-electron chi connectivity index (χ3n) is 5.43. The van der Waals surface area contributed by atoms with Crippen LogP contribution in [0.4, 0.5) is 10.1 Å². The van der Waals surface area contributed by atoms with Crippen molar-refractivity contribution >= 4 is 11.6 Å². The van der Waals surface area contributed by atoms with Gasteiger partial charge in [0.2, 0.25) is 5.91 Å². The highest BCUT2D eigenvalue weighted by Crippen LogP contribution is 2.25. The maximum atomic E-state index is 13.8. The number of fused-ring (bicyclic) bond motifs is 1. The van der Waals surface area contributed by atoms with E-state index >= 15 is 0 Å². The quantitative estimate of drug-likeness (QED) is 0.583. The summed E-state index contributed by atoms with van der Waals surface area (Å²) in [6.07, 6.45) is 2.66. The zero-order chi connectivity index (χ0) is 22.1. The summed E-state index contributed by atoms with van der Waals surface area (Å²) >= 11 is 0. The van der Waals surface area contributed by atoms with E-state index in [1.807, 2.05) is 0 Å². The molecule has 1 aliphatic heterocycles. The van der Waals surface area contributed by atoms with Crippen LogP contribution in [-0.2, 0) is 24.8 Å². The number of nitrogens with zero attached hydrogens (tertiary/aromatic N) is 5. The number of halogens is 1. The van der Waals surface area contributed by atoms with Crippen LogP contribution in [0.15, 0.2) is 47.7 Å². The molecule has 10 heteroatoms. The maximum Gasteiger partial charge on any atom is 0.250 e. The first-order chi connectivity index (χ1) is 14.8. The Hall–Kier alpha value is -3.37. The van der Waals surface area contributed by atoms with Crippen molar-refractivity contribution in [3.05, 3.63) is 76.0 Å². The number of anilines is 1. The zero-order valence-corrected chi connectivity index (χ0v) is 17.2. The topological polar surface area (TPSA) is 105 Å². The second-order valence-electron chi connectivity index (χ2n) is 7.58. The van der Waals surface area contributed by atoms with Crippen molar-refractivity contribution in [3.63, 3.8) is 0 Å². The molecule has 1 unspecified atom stereocenters. The van der Waals surface area contributed by atoms with Crippen molar-refractivity contribution in [2.75, 3.05) is 11.9 Å². The van der Waals surface area contributed by atoms with Gasteiger partial charge < -0.3 is 14.6 Å². The third kappa shape index (κ3) is 4.25. The number of carbonyl (C=O) groups is 1. The molecule has 1 aromatic carbocycles. The molecule has 3 heterocycles. The van der Waals surface area contributed by atoms with Crippen LogP contribution in [0.1, 0.15) is 29.6 Å². The summed E-state index contributed by atoms with van der Waals surface area (Å²) in [5, 5.41) is 17.6. The van der Waals surface area contributed by atoms with Crippen LogP contribution < -0.4 is 15.8 Å². The summed E-state index contributed by atoms with van der Waals surface area (Å²) in [5.41, 5.74) is 1.75. The molecule has 0 saturated carbocycles. The fourth-order valence-corrected chi connectivity index (χ4v) is 3.66. The van der Waals surface area contributed by atoms with Gasteiger partial charge in [-0.1, -0.05) is 18.2 Å². The number of aryl methyl sites for hydroxylation is 2. The molecule has 2 aromatic heterocycles. The van der Waals surface area contributed by atoms with Gasteiger partial charge in [0, 0.05) is 31.9 Å². The van der Waals surface area contributed by atoms with E-state index < -0.39 is 12.3 Å². The second kappa shape index (κ2) is 8.40. The lowest BCUT2D eigenvalue weighted by Gasteiger charge is -2.23. The van der Waals surface area contributed by atoms with Gasteiger partial charge in [-0.15, -0.1) is 0 Å². The predicted molar refractivity (Wildman–Crippen MR) is 111 cm³/mol. The number of hydrogen-bond donors (Lipinski definition) is 2. The molecule has 0 fully saturated rings. The van der Waals surface area contributed by atoms with Crippen LogP contribution >= 0.6 is 0 Å². The minimum Gasteiger partial charge on any atom is -0.371 e. The molecule has 0 spiro atoms. The Morgan fingerprint density at radius 2 is 2.06 bits per heavy atom. The molecule has 2 N–H and O–H groups in total. The van der Waals surface area contributed by atoms with Gasteiger partial charge in [0.1, 0.15) is 12.1 Å². The molecule has 0 bridgehead atoms. The van der Waals surface area contributed by atoms with E-state index in [1.165, 1.54) is 32.6 Å². The zero-order valence-electron chi connectivity index (χ0n) is 17.2. The summed E-state index contributed by atoms with van der Waals surface area (Å²) in [4.78, 5) is 30.5. The van der Waals surface area contributed by atoms with E-state index in [1.54, 1.807) is 38.5 Å². The number of aliphatic hydroxyl groups is 1. The van der Waals surface area contributed by atoms with Crippen molar-refractivity contribution in [2.45, 2.75) is 31.7 Å². The normalized spacial score (nSPS) is 17.4. The predicted octanol–water partition coefficient (Wildman–Crippen LogP) is 0.722. The van der Waals surface area contributed by atoms with E-state index in [0.29, 0.717) is 24.1 Å². The molecule has 9 nitrogen and oxygen atoms in total. The van der Waals surface area contributed by atoms with Crippen molar-refractivity contribution in [1.29, 1.82) is 0 Å². The van der Waals surface area contributed by atoms with Crippen molar-refractivity contribution in [2.24, 2.45) is 7.05 Å². The van der Waals surface area contributed by atoms with Gasteiger partial charge in [-0.25, -0.2) is 14.1 Å². The number of rotatable bonds is 5. The molecular weight excluding hydrogens is 403 g/mol. The van der Waals surface area contributed by atoms with Crippen LogP contribution in [0.25, 0.3) is 0 Å². The Bertz CT molecular complexity index is 1170. The first-order valence-corrected chi connectivity index (χ1v) is 9.87. The summed E-state index contributed by atoms with van der Waals surface area (Å²) in [5.74, 6) is -0.497. The Morgan fingerprint density at radius 3 is 2.84 bits per heavy atom. The SMILES string of the molecule is CN1C(=O)[C@@H](NC(O)c2ncn(Cc3ccccc3F)n2)CCc2cc(=O)n(C)cc21. The molecule has 2 atom stereocenters. The van der Waals surface area contributed by atoms with Crippen LogP contribution in [0, 0.1) is 5.82 Å². The Kier molecular flexibility index (Phi) is 5.66. The number of carbonyl (C=O) groups excluding carboxylic acids is 1. The standard InChI is InChI=1S/C21H23FN6O3/c1-26-11-17-13(9-18(26)29)7-8-16(21(31)27(17)2)24-20(30)19-23-12-28(25-19)10-14-5-3-4-6-15(14)22/h3-6,9,11-12,16,20,24,30H,7-8,10H2,1-2H3/t16-,20?/m0/s1. The molecule has 0 radical (unpaired) electrons. The van der Waals surface area contributed by atoms with Gasteiger partial charge in [-0.3, -0.25) is 14.9 Å². The highest BCUT2D eigenvalue weighted by atomic mass is 19.1. The fourth-order valence-electron chi connectivity index (χ4n) is 3.66. The van der Waals surface area contributed by atoms with Gasteiger partial charge in [0.05, 0.1) is 18.3 Å². The van der Waals surface area contributed by atoms with Gasteiger partial charge in [-0.05, 0) is 24.5 Å². The van der Waals surface area contributed by atoms with E-state index in [0.717, 1.165) is 5.56 Å². The van der Waals surface area contributed by atoms with Crippen LogP contribution in [0.5, 0.6) is 0 Å². The largest absolute Gasteiger partial charge is 0.371 e. The maximum absolute atomic E-state index is 13.8. The summed E-state index contributed by atoms with van der Waals surface area (Å²) in [7, 11) is 3.27. The van der Waals surface area contributed by atoms with Crippen LogP contribution in [0.2, 0.25) is 0 Å². The minimum absolute atomic E-state index is 0.0850. The van der Waals surface area contributed by atoms with Crippen LogP contribution in [-0.4, -0.2) is 43.4 Å². The summed E-state index contributed by atoms with van der Waals surface area (Å²) < 4.78 is 16.7. The van der Waals surface area contributed by atoms with E-state index in [2.05, 4.69) is 15.4 Å². The smallest absolute Gasteiger partial charge is 0.250 e. The average Bonchev–Trinajstić information content (AvgIpc) is 3.18. The number of amides is 1. The fraction of sp³-hybridized carbons (Fsp3) is 0.333. The molecule has 4 rings (SSSR count). The van der Waals surface area contributed by atoms with Crippen LogP contribution in [0.3, 0.4) is 0 Å². The van der Waals surface area contributed by atoms with E-state index in [-0.39, 0.29) is 29.7 Å². The summed E-state index contributed by atoms with van der Waals surface area (Å²) in [6, 6.07) is 7.20. The molecule has 3 aromatic rings. The Labute approximate surface area is 177 Å². The van der Waals surface area contributed by atoms with E-state index in [4.69, 9.17) is 0 Å². The lowest BCUT2D eigenvalue weighted by Crippen LogP contribution is -2.46. The number of pyridine rings is 1. The molecule has 162 valence electrons. The first-order valence-electron chi connectivity index (χ1n) is 9.87. The number of hydrogen-bond acceptors (Lipinski definition) is 6. The number of nitrogens with one attached hydrogen (secondary N) is 1. The van der Waals surface area contributed by atoms with Gasteiger partial charge >= 0.3 is 0 Å². The second-order valence-corrected chi connectivity index (χ2v) is 7.58. The summed E-state index contributed by atoms with van der Waals surface area (Å²) in [6.45, 7) is 0.168. The Balaban J connectivity index is 1.47. The molecule has 0 aliphatic carbocycles. The molecule has 0 saturated heterocycles. The number of benzene rings is 1. The first kappa shape index (κ1) is 20.9. The van der Waals surface area contributed by atoms with Gasteiger partial charge in [-0.2, -0.15) is 5.10 Å². The van der Waals surface area contributed by atoms with Crippen molar-refractivity contribution in [1.82, 2.24) is 24.6 Å². The minimum atomic E-state index is -1.28. The lowest BCUT2D eigenvalue weighted by atomic mass is 10.1. The molecule has 1 aliphatic rings. The molecule has 31 heavy (non-hydrogen) atoms. The van der Waals surface area contributed by atoms with Gasteiger partial charge in [0.15, 0.2) is 12.1 Å². The lowest BCUT2D eigenvalue weighted by molar-refractivity contribution is -0.121. The Morgan fingerprint density at radius 1 is 1.29 bits per heavy atom. The number of likely N-dealkylation sites (N-methyl/N-ethyl adjacent to an activating group) is 1. The average molecular weight is 426 g/mol. The van der Waals surface area contributed by atoms with Gasteiger partial charge in [0.25, 0.3) is 5.56 Å². The highest BCUT2D eigenvalue weighted by Gasteiger charge is 2.31. The monoisotopic (exact) mass is 426 g/mol. The van der Waals surface area contributed by atoms with Crippen molar-refractivity contribution in [3.8, 4) is 0 Å². The number of aliphatic hydroxyl groups excluding tert-OH is 1. The third-order valence-corrected chi connectivity index (χ3v) is 5.43. The molecule has 1 amide bonds. The number of aromatic nitrogens is 4. The molecular formula is C21H23FN6O3. The highest BCUT2D eigenvalue weighted by molar-refractivity contribution is 5.98. The van der Waals surface area contributed by atoms with Crippen molar-refractivity contribution < 1.29 is 14.3 Å².